The summed E-state index contributed by atoms with van der Waals surface area (Å²) in [5.41, 5.74) is 0. The summed E-state index contributed by atoms with van der Waals surface area (Å²) in [7, 11) is 0. The van der Waals surface area contributed by atoms with Crippen LogP contribution in [0.5, 0.6) is 0 Å². The summed E-state index contributed by atoms with van der Waals surface area (Å²) in [4.78, 5) is 34.0. The van der Waals surface area contributed by atoms with E-state index in [0.717, 1.165) is 0 Å². The first-order valence-electron chi connectivity index (χ1n) is 7.29. The molecule has 8 nitrogen and oxygen atoms in total. The van der Waals surface area contributed by atoms with Crippen LogP contribution in [0.25, 0.3) is 0 Å². The summed E-state index contributed by atoms with van der Waals surface area (Å²) in [6.45, 7) is 4.33. The van der Waals surface area contributed by atoms with Gasteiger partial charge in [-0.25, -0.2) is 0 Å². The predicted molar refractivity (Wildman–Crippen MR) is 79.2 cm³/mol. The molecule has 0 aromatic heterocycles. The molecule has 3 N–H and O–H groups in total. The Labute approximate surface area is 148 Å². The molecule has 0 unspecified atom stereocenters. The molecule has 9 heteroatoms. The molecule has 0 fully saturated rings. The van der Waals surface area contributed by atoms with Gasteiger partial charge < -0.3 is 25.2 Å². The fraction of sp³-hybridized carbons (Fsp3) is 0.786. The Balaban J connectivity index is 0. The summed E-state index contributed by atoms with van der Waals surface area (Å²) in [5, 5.41) is 13.5. The first-order chi connectivity index (χ1) is 10.5. The fourth-order valence-corrected chi connectivity index (χ4v) is 1.26. The van der Waals surface area contributed by atoms with Gasteiger partial charge in [-0.3, -0.25) is 14.4 Å². The Hall–Kier alpha value is -0.926. The Morgan fingerprint density at radius 3 is 2.30 bits per heavy atom. The topological polar surface area (TPSA) is 114 Å². The molecule has 0 rings (SSSR count). The fourth-order valence-electron chi connectivity index (χ4n) is 1.26. The van der Waals surface area contributed by atoms with Crippen molar-refractivity contribution in [2.24, 2.45) is 5.92 Å². The smallest absolute Gasteiger partial charge is 0.239 e. The van der Waals surface area contributed by atoms with E-state index in [9.17, 15) is 14.4 Å². The van der Waals surface area contributed by atoms with Gasteiger partial charge in [0.05, 0.1) is 33.0 Å². The van der Waals surface area contributed by atoms with Crippen LogP contribution in [-0.4, -0.2) is 68.8 Å². The van der Waals surface area contributed by atoms with Crippen molar-refractivity contribution < 1.29 is 47.5 Å². The normalized spacial score (nSPS) is 10.1. The van der Waals surface area contributed by atoms with Crippen molar-refractivity contribution in [3.05, 3.63) is 0 Å². The van der Waals surface area contributed by atoms with Crippen molar-refractivity contribution in [1.82, 2.24) is 10.6 Å². The molecule has 23 heavy (non-hydrogen) atoms. The van der Waals surface area contributed by atoms with Crippen LogP contribution in [0.1, 0.15) is 20.3 Å². The number of ether oxygens (including phenoxy) is 2. The molecule has 0 aromatic rings. The van der Waals surface area contributed by atoms with Crippen LogP contribution in [0.15, 0.2) is 0 Å². The van der Waals surface area contributed by atoms with Crippen molar-refractivity contribution in [1.29, 1.82) is 0 Å². The van der Waals surface area contributed by atoms with Gasteiger partial charge in [0.1, 0.15) is 6.61 Å². The molecule has 2 amide bonds. The van der Waals surface area contributed by atoms with Crippen molar-refractivity contribution in [3.8, 4) is 0 Å². The zero-order valence-corrected chi connectivity index (χ0v) is 15.1. The van der Waals surface area contributed by atoms with E-state index < -0.39 is 0 Å². The molecule has 0 aliphatic carbocycles. The van der Waals surface area contributed by atoms with Gasteiger partial charge in [0.2, 0.25) is 11.8 Å². The van der Waals surface area contributed by atoms with Crippen molar-refractivity contribution in [3.63, 3.8) is 0 Å². The molecule has 0 aliphatic heterocycles. The molecule has 0 spiro atoms. The van der Waals surface area contributed by atoms with Gasteiger partial charge in [-0.1, -0.05) is 13.8 Å². The Bertz CT molecular complexity index is 352. The number of carbonyl (C=O) groups excluding carboxylic acids is 3. The van der Waals surface area contributed by atoms with E-state index in [1.807, 2.05) is 0 Å². The van der Waals surface area contributed by atoms with Crippen LogP contribution in [-0.2, 0) is 42.4 Å². The number of ketones is 1. The maximum atomic E-state index is 11.4. The number of aliphatic hydroxyl groups is 1. The number of hydrogen-bond acceptors (Lipinski definition) is 6. The minimum absolute atomic E-state index is 0. The van der Waals surface area contributed by atoms with E-state index in [1.54, 1.807) is 13.8 Å². The molecule has 0 heterocycles. The van der Waals surface area contributed by atoms with Gasteiger partial charge >= 0.3 is 0 Å². The van der Waals surface area contributed by atoms with Crippen molar-refractivity contribution in [2.75, 3.05) is 46.1 Å². The largest absolute Gasteiger partial charge is 0.394 e. The summed E-state index contributed by atoms with van der Waals surface area (Å²) in [5.74, 6) is -0.677. The summed E-state index contributed by atoms with van der Waals surface area (Å²) in [6, 6.07) is 0. The van der Waals surface area contributed by atoms with Gasteiger partial charge in [-0.2, -0.15) is 0 Å². The molecule has 0 aromatic carbocycles. The summed E-state index contributed by atoms with van der Waals surface area (Å²) < 4.78 is 10.1. The third-order valence-corrected chi connectivity index (χ3v) is 2.61. The van der Waals surface area contributed by atoms with E-state index in [2.05, 4.69) is 10.6 Å². The standard InChI is InChI=1S/C14H26N2O6.V/c1-11(2)12(18)10-22-7-4-15-14(20)9-16-13(19)3-6-21-8-5-17;/h11,17H,3-10H2,1-2H3,(H,15,20)(H,16,19);. The number of Topliss-reactive ketones (excluding diaryl/α,β-unsaturated/α-hetero) is 1. The van der Waals surface area contributed by atoms with Crippen LogP contribution >= 0.6 is 0 Å². The maximum absolute atomic E-state index is 11.4. The molecular formula is C14H26N2O6V. The first-order valence-corrected chi connectivity index (χ1v) is 7.29. The number of nitrogens with one attached hydrogen (secondary N) is 2. The number of aliphatic hydroxyl groups excluding tert-OH is 1. The zero-order chi connectivity index (χ0) is 16.8. The van der Waals surface area contributed by atoms with E-state index in [1.165, 1.54) is 0 Å². The number of amides is 2. The predicted octanol–water partition coefficient (Wildman–Crippen LogP) is -1.14. The monoisotopic (exact) mass is 369 g/mol. The Morgan fingerprint density at radius 2 is 1.70 bits per heavy atom. The van der Waals surface area contributed by atoms with Gasteiger partial charge in [0, 0.05) is 37.4 Å². The van der Waals surface area contributed by atoms with Crippen LogP contribution in [0.4, 0.5) is 0 Å². The quantitative estimate of drug-likeness (QED) is 0.354. The molecule has 0 saturated heterocycles. The molecule has 0 bridgehead atoms. The summed E-state index contributed by atoms with van der Waals surface area (Å²) in [6.07, 6.45) is 0.133. The minimum Gasteiger partial charge on any atom is -0.394 e. The van der Waals surface area contributed by atoms with Gasteiger partial charge in [0.15, 0.2) is 5.78 Å². The average Bonchev–Trinajstić information content (AvgIpc) is 2.48. The van der Waals surface area contributed by atoms with Gasteiger partial charge in [-0.15, -0.1) is 0 Å². The van der Waals surface area contributed by atoms with Crippen molar-refractivity contribution >= 4 is 17.6 Å². The maximum Gasteiger partial charge on any atom is 0.239 e. The van der Waals surface area contributed by atoms with E-state index in [4.69, 9.17) is 14.6 Å². The molecule has 133 valence electrons. The molecule has 0 aliphatic rings. The number of rotatable bonds is 13. The SMILES string of the molecule is CC(C)C(=O)COCCNC(=O)CNC(=O)CCOCCO.[V]. The second-order valence-electron chi connectivity index (χ2n) is 4.89. The molecule has 0 saturated carbocycles. The van der Waals surface area contributed by atoms with Crippen LogP contribution in [0.2, 0.25) is 0 Å². The van der Waals surface area contributed by atoms with Gasteiger partial charge in [-0.05, 0) is 0 Å². The van der Waals surface area contributed by atoms with Crippen molar-refractivity contribution in [2.45, 2.75) is 20.3 Å². The second-order valence-corrected chi connectivity index (χ2v) is 4.89. The van der Waals surface area contributed by atoms with Crippen LogP contribution in [0, 0.1) is 5.92 Å². The minimum atomic E-state index is -0.330. The first kappa shape index (κ1) is 24.3. The summed E-state index contributed by atoms with van der Waals surface area (Å²) >= 11 is 0. The van der Waals surface area contributed by atoms with Crippen LogP contribution in [0.3, 0.4) is 0 Å². The molecule has 1 radical (unpaired) electrons. The molecule has 0 atom stereocenters. The second kappa shape index (κ2) is 16.0. The van der Waals surface area contributed by atoms with E-state index in [0.29, 0.717) is 0 Å². The third-order valence-electron chi connectivity index (χ3n) is 2.61. The Kier molecular flexibility index (Phi) is 16.9. The average molecular weight is 369 g/mol. The number of hydrogen-bond donors (Lipinski definition) is 3. The third kappa shape index (κ3) is 15.7. The number of carbonyl (C=O) groups is 3. The Morgan fingerprint density at radius 1 is 1.00 bits per heavy atom. The van der Waals surface area contributed by atoms with Crippen LogP contribution < -0.4 is 10.6 Å². The van der Waals surface area contributed by atoms with E-state index in [-0.39, 0.29) is 94.6 Å². The van der Waals surface area contributed by atoms with Gasteiger partial charge in [0.25, 0.3) is 0 Å². The zero-order valence-electron chi connectivity index (χ0n) is 13.7. The molecular weight excluding hydrogens is 343 g/mol. The van der Waals surface area contributed by atoms with E-state index >= 15 is 0 Å².